The van der Waals surface area contributed by atoms with Crippen molar-refractivity contribution >= 4 is 34.8 Å². The number of ether oxygens (including phenoxy) is 3. The molecule has 0 saturated carbocycles. The molecular weight excluding hydrogens is 439 g/mol. The average molecular weight is 459 g/mol. The van der Waals surface area contributed by atoms with Crippen molar-refractivity contribution in [1.29, 1.82) is 0 Å². The van der Waals surface area contributed by atoms with Gasteiger partial charge in [-0.3, -0.25) is 9.59 Å². The van der Waals surface area contributed by atoms with Crippen LogP contribution in [0.4, 0.5) is 15.8 Å². The zero-order valence-corrected chi connectivity index (χ0v) is 18.0. The van der Waals surface area contributed by atoms with Crippen molar-refractivity contribution in [1.82, 2.24) is 0 Å². The first kappa shape index (κ1) is 22.9. The molecule has 32 heavy (non-hydrogen) atoms. The Bertz CT molecular complexity index is 1120. The number of hydrogen-bond donors (Lipinski definition) is 2. The molecule has 0 aromatic heterocycles. The van der Waals surface area contributed by atoms with E-state index in [1.54, 1.807) is 31.4 Å². The van der Waals surface area contributed by atoms with Gasteiger partial charge in [0.1, 0.15) is 11.6 Å². The maximum absolute atomic E-state index is 13.2. The number of halogens is 2. The van der Waals surface area contributed by atoms with Gasteiger partial charge >= 0.3 is 0 Å². The van der Waals surface area contributed by atoms with E-state index in [0.717, 1.165) is 6.07 Å². The zero-order chi connectivity index (χ0) is 23.1. The second kappa shape index (κ2) is 10.5. The SMILES string of the molecule is COc1ccc(NC(=O)COc2ccc(C(=O)Nc3ccc(F)cc3Cl)cc2OC)cc1. The van der Waals surface area contributed by atoms with Gasteiger partial charge in [0.25, 0.3) is 11.8 Å². The molecule has 0 aliphatic heterocycles. The number of benzene rings is 3. The van der Waals surface area contributed by atoms with Gasteiger partial charge in [-0.05, 0) is 60.7 Å². The van der Waals surface area contributed by atoms with Crippen LogP contribution in [0, 0.1) is 5.82 Å². The van der Waals surface area contributed by atoms with Gasteiger partial charge in [0.2, 0.25) is 0 Å². The molecule has 0 bridgehead atoms. The molecule has 0 saturated heterocycles. The van der Waals surface area contributed by atoms with Gasteiger partial charge in [0.15, 0.2) is 18.1 Å². The number of carbonyl (C=O) groups is 2. The average Bonchev–Trinajstić information content (AvgIpc) is 2.79. The molecule has 0 atom stereocenters. The van der Waals surface area contributed by atoms with Gasteiger partial charge in [-0.15, -0.1) is 0 Å². The van der Waals surface area contributed by atoms with E-state index in [1.165, 1.54) is 37.4 Å². The fourth-order valence-electron chi connectivity index (χ4n) is 2.73. The van der Waals surface area contributed by atoms with Crippen molar-refractivity contribution in [3.63, 3.8) is 0 Å². The van der Waals surface area contributed by atoms with Crippen molar-refractivity contribution in [2.24, 2.45) is 0 Å². The molecule has 0 unspecified atom stereocenters. The normalized spacial score (nSPS) is 10.2. The molecule has 7 nitrogen and oxygen atoms in total. The summed E-state index contributed by atoms with van der Waals surface area (Å²) in [4.78, 5) is 24.7. The van der Waals surface area contributed by atoms with Crippen molar-refractivity contribution in [2.45, 2.75) is 0 Å². The van der Waals surface area contributed by atoms with E-state index in [2.05, 4.69) is 10.6 Å². The Morgan fingerprint density at radius 3 is 2.31 bits per heavy atom. The highest BCUT2D eigenvalue weighted by Crippen LogP contribution is 2.29. The Morgan fingerprint density at radius 2 is 1.66 bits per heavy atom. The van der Waals surface area contributed by atoms with Gasteiger partial charge in [-0.2, -0.15) is 0 Å². The lowest BCUT2D eigenvalue weighted by atomic mass is 10.2. The standard InChI is InChI=1S/C23H20ClFN2O5/c1-30-17-7-5-16(6-8-17)26-22(28)13-32-20-10-3-14(11-21(20)31-2)23(29)27-19-9-4-15(25)12-18(19)24/h3-12H,13H2,1-2H3,(H,26,28)(H,27,29). The van der Waals surface area contributed by atoms with Crippen molar-refractivity contribution in [3.8, 4) is 17.2 Å². The van der Waals surface area contributed by atoms with E-state index >= 15 is 0 Å². The van der Waals surface area contributed by atoms with E-state index in [9.17, 15) is 14.0 Å². The summed E-state index contributed by atoms with van der Waals surface area (Å²) in [6.45, 7) is -0.265. The quantitative estimate of drug-likeness (QED) is 0.508. The molecule has 2 amide bonds. The fourth-order valence-corrected chi connectivity index (χ4v) is 2.94. The summed E-state index contributed by atoms with van der Waals surface area (Å²) in [5.74, 6) is -0.124. The van der Waals surface area contributed by atoms with E-state index in [-0.39, 0.29) is 40.3 Å². The molecule has 166 valence electrons. The summed E-state index contributed by atoms with van der Waals surface area (Å²) >= 11 is 5.95. The lowest BCUT2D eigenvalue weighted by molar-refractivity contribution is -0.118. The van der Waals surface area contributed by atoms with Gasteiger partial charge in [-0.1, -0.05) is 11.6 Å². The van der Waals surface area contributed by atoms with Gasteiger partial charge in [-0.25, -0.2) is 4.39 Å². The van der Waals surface area contributed by atoms with Crippen LogP contribution in [0.15, 0.2) is 60.7 Å². The molecule has 0 radical (unpaired) electrons. The summed E-state index contributed by atoms with van der Waals surface area (Å²) in [6, 6.07) is 15.0. The largest absolute Gasteiger partial charge is 0.497 e. The molecule has 0 fully saturated rings. The Labute approximate surface area is 189 Å². The van der Waals surface area contributed by atoms with Crippen LogP contribution in [-0.2, 0) is 4.79 Å². The minimum atomic E-state index is -0.507. The molecule has 9 heteroatoms. The minimum Gasteiger partial charge on any atom is -0.497 e. The highest BCUT2D eigenvalue weighted by Gasteiger charge is 2.14. The van der Waals surface area contributed by atoms with Crippen LogP contribution in [-0.4, -0.2) is 32.6 Å². The number of methoxy groups -OCH3 is 2. The first-order valence-corrected chi connectivity index (χ1v) is 9.78. The third kappa shape index (κ3) is 5.89. The number of amides is 2. The first-order valence-electron chi connectivity index (χ1n) is 9.40. The van der Waals surface area contributed by atoms with Crippen LogP contribution in [0.1, 0.15) is 10.4 Å². The topological polar surface area (TPSA) is 85.9 Å². The predicted molar refractivity (Wildman–Crippen MR) is 119 cm³/mol. The number of anilines is 2. The van der Waals surface area contributed by atoms with Crippen LogP contribution in [0.5, 0.6) is 17.2 Å². The fraction of sp³-hybridized carbons (Fsp3) is 0.130. The van der Waals surface area contributed by atoms with Crippen molar-refractivity contribution in [2.75, 3.05) is 31.5 Å². The van der Waals surface area contributed by atoms with Crippen molar-refractivity contribution < 1.29 is 28.2 Å². The summed E-state index contributed by atoms with van der Waals surface area (Å²) in [7, 11) is 2.97. The summed E-state index contributed by atoms with van der Waals surface area (Å²) in [5, 5.41) is 5.38. The minimum absolute atomic E-state index is 0.0770. The Hall–Kier alpha value is -3.78. The molecule has 0 aliphatic carbocycles. The Balaban J connectivity index is 1.62. The summed E-state index contributed by atoms with van der Waals surface area (Å²) in [5.41, 5.74) is 1.13. The maximum Gasteiger partial charge on any atom is 0.262 e. The van der Waals surface area contributed by atoms with E-state index in [1.807, 2.05) is 0 Å². The molecule has 0 spiro atoms. The second-order valence-corrected chi connectivity index (χ2v) is 6.92. The predicted octanol–water partition coefficient (Wildman–Crippen LogP) is 4.77. The second-order valence-electron chi connectivity index (χ2n) is 6.51. The van der Waals surface area contributed by atoms with E-state index < -0.39 is 11.7 Å². The smallest absolute Gasteiger partial charge is 0.262 e. The molecule has 0 aliphatic rings. The Kier molecular flexibility index (Phi) is 7.51. The first-order chi connectivity index (χ1) is 15.4. The number of rotatable bonds is 8. The van der Waals surface area contributed by atoms with E-state index in [4.69, 9.17) is 25.8 Å². The summed E-state index contributed by atoms with van der Waals surface area (Å²) in [6.07, 6.45) is 0. The monoisotopic (exact) mass is 458 g/mol. The van der Waals surface area contributed by atoms with Gasteiger partial charge in [0, 0.05) is 11.3 Å². The molecule has 2 N–H and O–H groups in total. The van der Waals surface area contributed by atoms with Crippen LogP contribution in [0.2, 0.25) is 5.02 Å². The zero-order valence-electron chi connectivity index (χ0n) is 17.3. The maximum atomic E-state index is 13.2. The molecule has 3 aromatic rings. The molecule has 3 rings (SSSR count). The van der Waals surface area contributed by atoms with Crippen LogP contribution in [0.25, 0.3) is 0 Å². The van der Waals surface area contributed by atoms with Crippen molar-refractivity contribution in [3.05, 3.63) is 77.1 Å². The van der Waals surface area contributed by atoms with Gasteiger partial charge in [0.05, 0.1) is 24.9 Å². The van der Waals surface area contributed by atoms with Crippen LogP contribution < -0.4 is 24.8 Å². The van der Waals surface area contributed by atoms with E-state index in [0.29, 0.717) is 11.4 Å². The Morgan fingerprint density at radius 1 is 0.906 bits per heavy atom. The molecule has 3 aromatic carbocycles. The number of hydrogen-bond acceptors (Lipinski definition) is 5. The lowest BCUT2D eigenvalue weighted by Gasteiger charge is -2.13. The third-order valence-electron chi connectivity index (χ3n) is 4.34. The highest BCUT2D eigenvalue weighted by molar-refractivity contribution is 6.33. The van der Waals surface area contributed by atoms with Crippen LogP contribution >= 0.6 is 11.6 Å². The highest BCUT2D eigenvalue weighted by atomic mass is 35.5. The number of carbonyl (C=O) groups excluding carboxylic acids is 2. The van der Waals surface area contributed by atoms with Crippen LogP contribution in [0.3, 0.4) is 0 Å². The van der Waals surface area contributed by atoms with Gasteiger partial charge < -0.3 is 24.8 Å². The molecule has 0 heterocycles. The molecular formula is C23H20ClFN2O5. The summed E-state index contributed by atoms with van der Waals surface area (Å²) < 4.78 is 29.1. The number of nitrogens with one attached hydrogen (secondary N) is 2. The third-order valence-corrected chi connectivity index (χ3v) is 4.65. The lowest BCUT2D eigenvalue weighted by Crippen LogP contribution is -2.20.